The van der Waals surface area contributed by atoms with Crippen molar-refractivity contribution in [2.45, 2.75) is 25.2 Å². The number of nitrogens with zero attached hydrogens (tertiary/aromatic N) is 1. The van der Waals surface area contributed by atoms with E-state index in [4.69, 9.17) is 14.2 Å². The third-order valence-electron chi connectivity index (χ3n) is 5.47. The van der Waals surface area contributed by atoms with E-state index in [2.05, 4.69) is 18.2 Å². The third kappa shape index (κ3) is 2.59. The number of hydrogen-bond acceptors (Lipinski definition) is 4. The molecule has 2 aliphatic rings. The summed E-state index contributed by atoms with van der Waals surface area (Å²) in [5.74, 6) is 2.55. The number of amides is 1. The van der Waals surface area contributed by atoms with Crippen molar-refractivity contribution in [3.8, 4) is 17.2 Å². The lowest BCUT2D eigenvalue weighted by molar-refractivity contribution is -0.129. The predicted octanol–water partition coefficient (Wildman–Crippen LogP) is 3.35. The lowest BCUT2D eigenvalue weighted by Gasteiger charge is -2.32. The van der Waals surface area contributed by atoms with Gasteiger partial charge in [-0.3, -0.25) is 4.79 Å². The van der Waals surface area contributed by atoms with Crippen molar-refractivity contribution < 1.29 is 19.0 Å². The van der Waals surface area contributed by atoms with Crippen molar-refractivity contribution >= 4 is 5.91 Å². The maximum atomic E-state index is 12.4. The van der Waals surface area contributed by atoms with Gasteiger partial charge in [-0.25, -0.2) is 0 Å². The van der Waals surface area contributed by atoms with Crippen molar-refractivity contribution in [1.29, 1.82) is 0 Å². The van der Waals surface area contributed by atoms with Crippen molar-refractivity contribution in [2.24, 2.45) is 0 Å². The van der Waals surface area contributed by atoms with Gasteiger partial charge in [0, 0.05) is 30.5 Å². The maximum Gasteiger partial charge on any atom is 0.231 e. The molecule has 0 aliphatic carbocycles. The Balaban J connectivity index is 1.84. The Bertz CT molecular complexity index is 835. The van der Waals surface area contributed by atoms with E-state index in [9.17, 15) is 4.79 Å². The minimum atomic E-state index is -0.321. The summed E-state index contributed by atoms with van der Waals surface area (Å²) in [6.07, 6.45) is 1.36. The molecule has 1 unspecified atom stereocenters. The first-order valence-electron chi connectivity index (χ1n) is 8.99. The van der Waals surface area contributed by atoms with E-state index in [-0.39, 0.29) is 18.1 Å². The normalized spacial score (nSPS) is 21.1. The summed E-state index contributed by atoms with van der Waals surface area (Å²) in [6, 6.07) is 14.2. The summed E-state index contributed by atoms with van der Waals surface area (Å²) >= 11 is 0. The summed E-state index contributed by atoms with van der Waals surface area (Å²) in [6.45, 7) is 3.53. The molecule has 0 saturated carbocycles. The van der Waals surface area contributed by atoms with Gasteiger partial charge in [0.15, 0.2) is 11.5 Å². The molecular formula is C21H23NO4. The molecular weight excluding hydrogens is 330 g/mol. The van der Waals surface area contributed by atoms with E-state index in [1.54, 1.807) is 7.11 Å². The van der Waals surface area contributed by atoms with Gasteiger partial charge >= 0.3 is 0 Å². The number of ether oxygens (including phenoxy) is 3. The van der Waals surface area contributed by atoms with Crippen LogP contribution in [0.3, 0.4) is 0 Å². The first-order valence-corrected chi connectivity index (χ1v) is 8.99. The molecule has 0 bridgehead atoms. The van der Waals surface area contributed by atoms with Gasteiger partial charge in [-0.15, -0.1) is 0 Å². The van der Waals surface area contributed by atoms with Crippen LogP contribution in [0.4, 0.5) is 0 Å². The maximum absolute atomic E-state index is 12.4. The van der Waals surface area contributed by atoms with Crippen LogP contribution in [0.2, 0.25) is 0 Å². The number of benzene rings is 2. The molecule has 2 aliphatic heterocycles. The molecule has 0 N–H and O–H groups in total. The Kier molecular flexibility index (Phi) is 4.23. The molecule has 2 aromatic rings. The van der Waals surface area contributed by atoms with Crippen LogP contribution in [0.1, 0.15) is 30.9 Å². The second kappa shape index (κ2) is 6.56. The molecule has 5 heteroatoms. The molecule has 26 heavy (non-hydrogen) atoms. The molecule has 2 aromatic carbocycles. The van der Waals surface area contributed by atoms with Crippen molar-refractivity contribution in [1.82, 2.24) is 4.90 Å². The van der Waals surface area contributed by atoms with E-state index < -0.39 is 0 Å². The van der Waals surface area contributed by atoms with Gasteiger partial charge < -0.3 is 19.1 Å². The van der Waals surface area contributed by atoms with Crippen LogP contribution in [-0.4, -0.2) is 37.8 Å². The summed E-state index contributed by atoms with van der Waals surface area (Å²) < 4.78 is 16.7. The molecule has 1 amide bonds. The average Bonchev–Trinajstić information content (AvgIpc) is 3.34. The Morgan fingerprint density at radius 2 is 2.00 bits per heavy atom. The minimum Gasteiger partial charge on any atom is -0.496 e. The molecule has 0 radical (unpaired) electrons. The monoisotopic (exact) mass is 353 g/mol. The topological polar surface area (TPSA) is 48.0 Å². The number of carbonyl (C=O) groups excluding carboxylic acids is 1. The summed E-state index contributed by atoms with van der Waals surface area (Å²) in [5, 5.41) is 0. The fraction of sp³-hybridized carbons (Fsp3) is 0.381. The Morgan fingerprint density at radius 1 is 1.19 bits per heavy atom. The van der Waals surface area contributed by atoms with Gasteiger partial charge in [-0.1, -0.05) is 31.2 Å². The van der Waals surface area contributed by atoms with Gasteiger partial charge in [-0.05, 0) is 30.2 Å². The zero-order chi connectivity index (χ0) is 18.1. The van der Waals surface area contributed by atoms with Gasteiger partial charge in [0.25, 0.3) is 0 Å². The van der Waals surface area contributed by atoms with Crippen LogP contribution in [0, 0.1) is 0 Å². The molecule has 4 rings (SSSR count). The fourth-order valence-corrected chi connectivity index (χ4v) is 4.09. The van der Waals surface area contributed by atoms with Gasteiger partial charge in [0.1, 0.15) is 5.75 Å². The Hall–Kier alpha value is -2.69. The highest BCUT2D eigenvalue weighted by Crippen LogP contribution is 2.47. The number of rotatable bonds is 4. The molecule has 5 nitrogen and oxygen atoms in total. The summed E-state index contributed by atoms with van der Waals surface area (Å²) in [7, 11) is 1.69. The first kappa shape index (κ1) is 16.8. The number of para-hydroxylation sites is 1. The number of fused-ring (bicyclic) bond motifs is 1. The third-order valence-corrected chi connectivity index (χ3v) is 5.47. The largest absolute Gasteiger partial charge is 0.496 e. The van der Waals surface area contributed by atoms with Gasteiger partial charge in [-0.2, -0.15) is 0 Å². The number of hydrogen-bond donors (Lipinski definition) is 0. The zero-order valence-electron chi connectivity index (χ0n) is 15.2. The van der Waals surface area contributed by atoms with Crippen LogP contribution in [-0.2, 0) is 10.2 Å². The highest BCUT2D eigenvalue weighted by atomic mass is 16.7. The van der Waals surface area contributed by atoms with E-state index in [1.807, 2.05) is 36.1 Å². The lowest BCUT2D eigenvalue weighted by Crippen LogP contribution is -2.35. The van der Waals surface area contributed by atoms with Gasteiger partial charge in [0.05, 0.1) is 7.11 Å². The van der Waals surface area contributed by atoms with Crippen LogP contribution in [0.25, 0.3) is 0 Å². The van der Waals surface area contributed by atoms with Crippen LogP contribution < -0.4 is 14.2 Å². The second-order valence-electron chi connectivity index (χ2n) is 6.77. The predicted molar refractivity (Wildman–Crippen MR) is 97.8 cm³/mol. The number of likely N-dealkylation sites (tertiary alicyclic amines) is 1. The second-order valence-corrected chi connectivity index (χ2v) is 6.77. The Labute approximate surface area is 153 Å². The highest BCUT2D eigenvalue weighted by molar-refractivity contribution is 5.77. The van der Waals surface area contributed by atoms with Crippen molar-refractivity contribution in [2.75, 3.05) is 27.0 Å². The average molecular weight is 353 g/mol. The molecule has 1 atom stereocenters. The van der Waals surface area contributed by atoms with E-state index >= 15 is 0 Å². The SMILES string of the molecule is CCC(=O)N1CCC(c2ccc3c(c2)OCO3)(c2ccccc2OC)C1. The van der Waals surface area contributed by atoms with Crippen molar-refractivity contribution in [3.63, 3.8) is 0 Å². The smallest absolute Gasteiger partial charge is 0.231 e. The Morgan fingerprint density at radius 3 is 2.81 bits per heavy atom. The minimum absolute atomic E-state index is 0.183. The van der Waals surface area contributed by atoms with Crippen LogP contribution in [0.15, 0.2) is 42.5 Å². The molecule has 1 saturated heterocycles. The van der Waals surface area contributed by atoms with Crippen LogP contribution >= 0.6 is 0 Å². The zero-order valence-corrected chi connectivity index (χ0v) is 15.2. The van der Waals surface area contributed by atoms with E-state index in [1.165, 1.54) is 0 Å². The van der Waals surface area contributed by atoms with Gasteiger partial charge in [0.2, 0.25) is 12.7 Å². The molecule has 2 heterocycles. The molecule has 0 aromatic heterocycles. The first-order chi connectivity index (χ1) is 12.7. The van der Waals surface area contributed by atoms with Crippen molar-refractivity contribution in [3.05, 3.63) is 53.6 Å². The lowest BCUT2D eigenvalue weighted by atomic mass is 9.73. The quantitative estimate of drug-likeness (QED) is 0.846. The standard InChI is InChI=1S/C21H23NO4/c1-3-20(23)22-11-10-21(13-22,16-6-4-5-7-17(16)24-2)15-8-9-18-19(12-15)26-14-25-18/h4-9,12H,3,10-11,13-14H2,1-2H3. The number of carbonyl (C=O) groups is 1. The van der Waals surface area contributed by atoms with E-state index in [0.717, 1.165) is 41.3 Å². The van der Waals surface area contributed by atoms with E-state index in [0.29, 0.717) is 13.0 Å². The molecule has 0 spiro atoms. The highest BCUT2D eigenvalue weighted by Gasteiger charge is 2.44. The molecule has 136 valence electrons. The summed E-state index contributed by atoms with van der Waals surface area (Å²) in [4.78, 5) is 14.3. The fourth-order valence-electron chi connectivity index (χ4n) is 4.09. The van der Waals surface area contributed by atoms with Crippen LogP contribution in [0.5, 0.6) is 17.2 Å². The summed E-state index contributed by atoms with van der Waals surface area (Å²) in [5.41, 5.74) is 1.91. The number of methoxy groups -OCH3 is 1. The molecule has 1 fully saturated rings.